The molecule has 6 heteroatoms. The molecular weight excluding hydrogens is 224 g/mol. The molecule has 0 amide bonds. The SMILES string of the molecule is COc1cc(CO)c[n+](CCC(N)C(=O)O)c1. The van der Waals surface area contributed by atoms with Crippen molar-refractivity contribution < 1.29 is 24.3 Å². The minimum absolute atomic E-state index is 0.0951. The van der Waals surface area contributed by atoms with Crippen molar-refractivity contribution in [2.75, 3.05) is 7.11 Å². The predicted octanol–water partition coefficient (Wildman–Crippen LogP) is -0.723. The Labute approximate surface area is 99.3 Å². The fourth-order valence-electron chi connectivity index (χ4n) is 1.41. The lowest BCUT2D eigenvalue weighted by molar-refractivity contribution is -0.698. The average molecular weight is 241 g/mol. The molecule has 1 aromatic heterocycles. The summed E-state index contributed by atoms with van der Waals surface area (Å²) in [5.74, 6) is -0.406. The molecule has 1 unspecified atom stereocenters. The number of carboxylic acid groups (broad SMARTS) is 1. The minimum Gasteiger partial charge on any atom is -0.491 e. The first-order valence-electron chi connectivity index (χ1n) is 5.23. The van der Waals surface area contributed by atoms with Gasteiger partial charge < -0.3 is 20.7 Å². The number of hydrogen-bond donors (Lipinski definition) is 3. The number of carboxylic acids is 1. The molecule has 6 nitrogen and oxygen atoms in total. The van der Waals surface area contributed by atoms with Crippen molar-refractivity contribution in [2.45, 2.75) is 25.6 Å². The zero-order valence-corrected chi connectivity index (χ0v) is 9.67. The molecule has 1 aromatic rings. The third-order valence-electron chi connectivity index (χ3n) is 2.39. The fourth-order valence-corrected chi connectivity index (χ4v) is 1.41. The molecule has 0 spiro atoms. The number of methoxy groups -OCH3 is 1. The number of carbonyl (C=O) groups is 1. The number of pyridine rings is 1. The number of nitrogens with two attached hydrogens (primary N) is 1. The van der Waals surface area contributed by atoms with Gasteiger partial charge in [-0.2, -0.15) is 0 Å². The zero-order chi connectivity index (χ0) is 12.8. The van der Waals surface area contributed by atoms with Gasteiger partial charge in [0, 0.05) is 12.0 Å². The normalized spacial score (nSPS) is 12.2. The molecule has 1 atom stereocenters. The van der Waals surface area contributed by atoms with Crippen LogP contribution in [0.5, 0.6) is 5.75 Å². The first-order valence-corrected chi connectivity index (χ1v) is 5.23. The average Bonchev–Trinajstić information content (AvgIpc) is 2.35. The first kappa shape index (κ1) is 13.4. The lowest BCUT2D eigenvalue weighted by Crippen LogP contribution is -2.40. The molecule has 1 rings (SSSR count). The molecule has 17 heavy (non-hydrogen) atoms. The number of aliphatic hydroxyl groups is 1. The Morgan fingerprint density at radius 3 is 2.82 bits per heavy atom. The topological polar surface area (TPSA) is 96.7 Å². The summed E-state index contributed by atoms with van der Waals surface area (Å²) in [6, 6.07) is 0.833. The summed E-state index contributed by atoms with van der Waals surface area (Å²) >= 11 is 0. The van der Waals surface area contributed by atoms with Gasteiger partial charge in [-0.25, -0.2) is 4.57 Å². The summed E-state index contributed by atoms with van der Waals surface area (Å²) in [6.07, 6.45) is 3.78. The van der Waals surface area contributed by atoms with E-state index in [1.54, 1.807) is 23.0 Å². The predicted molar refractivity (Wildman–Crippen MR) is 59.3 cm³/mol. The number of rotatable bonds is 6. The summed E-state index contributed by atoms with van der Waals surface area (Å²) in [7, 11) is 1.53. The molecule has 0 radical (unpaired) electrons. The molecule has 0 saturated carbocycles. The summed E-state index contributed by atoms with van der Waals surface area (Å²) in [6.45, 7) is 0.361. The molecule has 0 aliphatic carbocycles. The van der Waals surface area contributed by atoms with Crippen LogP contribution in [0, 0.1) is 0 Å². The Kier molecular flexibility index (Phi) is 4.86. The summed E-state index contributed by atoms with van der Waals surface area (Å²) in [5, 5.41) is 17.7. The molecule has 94 valence electrons. The van der Waals surface area contributed by atoms with Gasteiger partial charge in [0.25, 0.3) is 0 Å². The number of hydrogen-bond acceptors (Lipinski definition) is 4. The maximum atomic E-state index is 10.6. The second-order valence-electron chi connectivity index (χ2n) is 3.71. The second-order valence-corrected chi connectivity index (χ2v) is 3.71. The van der Waals surface area contributed by atoms with E-state index in [4.69, 9.17) is 20.7 Å². The Morgan fingerprint density at radius 1 is 1.59 bits per heavy atom. The van der Waals surface area contributed by atoms with E-state index < -0.39 is 12.0 Å². The van der Waals surface area contributed by atoms with Crippen molar-refractivity contribution in [1.82, 2.24) is 0 Å². The molecule has 0 fully saturated rings. The van der Waals surface area contributed by atoms with Crippen LogP contribution in [-0.2, 0) is 17.9 Å². The Hall–Kier alpha value is -1.66. The van der Waals surface area contributed by atoms with Gasteiger partial charge in [0.15, 0.2) is 18.5 Å². The van der Waals surface area contributed by atoms with Crippen LogP contribution in [0.2, 0.25) is 0 Å². The van der Waals surface area contributed by atoms with Gasteiger partial charge in [-0.1, -0.05) is 0 Å². The van der Waals surface area contributed by atoms with Gasteiger partial charge in [-0.15, -0.1) is 0 Å². The van der Waals surface area contributed by atoms with E-state index in [0.29, 0.717) is 24.3 Å². The van der Waals surface area contributed by atoms with Crippen LogP contribution in [0.4, 0.5) is 0 Å². The summed E-state index contributed by atoms with van der Waals surface area (Å²) in [4.78, 5) is 10.6. The second kappa shape index (κ2) is 6.17. The van der Waals surface area contributed by atoms with E-state index in [0.717, 1.165) is 0 Å². The van der Waals surface area contributed by atoms with Crippen LogP contribution in [0.3, 0.4) is 0 Å². The maximum Gasteiger partial charge on any atom is 0.320 e. The number of aromatic nitrogens is 1. The third kappa shape index (κ3) is 4.01. The molecule has 0 aliphatic heterocycles. The highest BCUT2D eigenvalue weighted by Gasteiger charge is 2.15. The van der Waals surface area contributed by atoms with Gasteiger partial charge in [0.2, 0.25) is 6.20 Å². The van der Waals surface area contributed by atoms with Crippen LogP contribution in [0.15, 0.2) is 18.5 Å². The highest BCUT2D eigenvalue weighted by molar-refractivity contribution is 5.72. The number of aryl methyl sites for hydroxylation is 1. The lowest BCUT2D eigenvalue weighted by Gasteiger charge is -2.05. The molecule has 4 N–H and O–H groups in total. The standard InChI is InChI=1S/C11H16N2O4/c1-17-9-4-8(7-14)5-13(6-9)3-2-10(12)11(15)16/h4-6,10,14H,2-3,7,12H2,1H3/p+1. The maximum absolute atomic E-state index is 10.6. The molecule has 0 saturated heterocycles. The number of aliphatic carboxylic acids is 1. The monoisotopic (exact) mass is 241 g/mol. The van der Waals surface area contributed by atoms with E-state index in [2.05, 4.69) is 0 Å². The van der Waals surface area contributed by atoms with Crippen molar-refractivity contribution in [2.24, 2.45) is 5.73 Å². The number of nitrogens with zero attached hydrogens (tertiary/aromatic N) is 1. The van der Waals surface area contributed by atoms with E-state index in [1.807, 2.05) is 0 Å². The highest BCUT2D eigenvalue weighted by Crippen LogP contribution is 2.09. The van der Waals surface area contributed by atoms with Crippen molar-refractivity contribution in [3.63, 3.8) is 0 Å². The van der Waals surface area contributed by atoms with Gasteiger partial charge in [0.1, 0.15) is 6.04 Å². The molecular formula is C11H17N2O4+. The highest BCUT2D eigenvalue weighted by atomic mass is 16.5. The lowest BCUT2D eigenvalue weighted by atomic mass is 10.2. The third-order valence-corrected chi connectivity index (χ3v) is 2.39. The van der Waals surface area contributed by atoms with Crippen molar-refractivity contribution in [3.8, 4) is 5.75 Å². The van der Waals surface area contributed by atoms with Crippen LogP contribution >= 0.6 is 0 Å². The van der Waals surface area contributed by atoms with E-state index in [9.17, 15) is 4.79 Å². The smallest absolute Gasteiger partial charge is 0.320 e. The van der Waals surface area contributed by atoms with Crippen LogP contribution in [0.1, 0.15) is 12.0 Å². The van der Waals surface area contributed by atoms with Crippen LogP contribution in [-0.4, -0.2) is 29.3 Å². The molecule has 0 bridgehead atoms. The van der Waals surface area contributed by atoms with Gasteiger partial charge in [-0.3, -0.25) is 4.79 Å². The van der Waals surface area contributed by atoms with Gasteiger partial charge >= 0.3 is 5.97 Å². The number of ether oxygens (including phenoxy) is 1. The first-order chi connectivity index (χ1) is 8.06. The molecule has 0 aliphatic rings. The van der Waals surface area contributed by atoms with E-state index in [-0.39, 0.29) is 6.61 Å². The summed E-state index contributed by atoms with van der Waals surface area (Å²) < 4.78 is 6.83. The van der Waals surface area contributed by atoms with Crippen molar-refractivity contribution >= 4 is 5.97 Å². The quantitative estimate of drug-likeness (QED) is 0.571. The van der Waals surface area contributed by atoms with E-state index >= 15 is 0 Å². The van der Waals surface area contributed by atoms with E-state index in [1.165, 1.54) is 7.11 Å². The Balaban J connectivity index is 2.73. The zero-order valence-electron chi connectivity index (χ0n) is 9.67. The fraction of sp³-hybridized carbons (Fsp3) is 0.455. The van der Waals surface area contributed by atoms with Crippen molar-refractivity contribution in [3.05, 3.63) is 24.0 Å². The Morgan fingerprint density at radius 2 is 2.29 bits per heavy atom. The van der Waals surface area contributed by atoms with Crippen LogP contribution in [0.25, 0.3) is 0 Å². The summed E-state index contributed by atoms with van der Waals surface area (Å²) in [5.41, 5.74) is 6.11. The van der Waals surface area contributed by atoms with Gasteiger partial charge in [-0.05, 0) is 6.07 Å². The van der Waals surface area contributed by atoms with Gasteiger partial charge in [0.05, 0.1) is 13.7 Å². The largest absolute Gasteiger partial charge is 0.491 e. The Bertz CT molecular complexity index is 373. The number of aliphatic hydroxyl groups excluding tert-OH is 1. The molecule has 1 heterocycles. The van der Waals surface area contributed by atoms with Crippen LogP contribution < -0.4 is 15.0 Å². The molecule has 0 aromatic carbocycles. The minimum atomic E-state index is -1.02. The van der Waals surface area contributed by atoms with Crippen molar-refractivity contribution in [1.29, 1.82) is 0 Å².